The number of carbonyl (C=O) groups excluding carboxylic acids is 1. The van der Waals surface area contributed by atoms with E-state index in [4.69, 9.17) is 9.47 Å². The van der Waals surface area contributed by atoms with E-state index in [0.717, 1.165) is 48.8 Å². The Morgan fingerprint density at radius 2 is 2.03 bits per heavy atom. The molecule has 0 spiro atoms. The molecule has 0 saturated carbocycles. The summed E-state index contributed by atoms with van der Waals surface area (Å²) in [6.45, 7) is 3.40. The molecular weight excluding hydrogens is 468 g/mol. The van der Waals surface area contributed by atoms with Crippen molar-refractivity contribution in [2.75, 3.05) is 13.7 Å². The number of carbonyl (C=O) groups is 1. The van der Waals surface area contributed by atoms with Gasteiger partial charge in [-0.05, 0) is 48.2 Å². The average molecular weight is 505 g/mol. The quantitative estimate of drug-likeness (QED) is 0.403. The van der Waals surface area contributed by atoms with Gasteiger partial charge in [0, 0.05) is 31.8 Å². The maximum atomic E-state index is 12.5. The van der Waals surface area contributed by atoms with Crippen LogP contribution >= 0.6 is 0 Å². The number of fused-ring (bicyclic) bond motifs is 3. The van der Waals surface area contributed by atoms with Crippen molar-refractivity contribution in [2.24, 2.45) is 5.10 Å². The fourth-order valence-corrected chi connectivity index (χ4v) is 4.96. The van der Waals surface area contributed by atoms with Crippen molar-refractivity contribution in [1.29, 1.82) is 0 Å². The van der Waals surface area contributed by atoms with Crippen LogP contribution in [0.5, 0.6) is 11.5 Å². The molecule has 3 heterocycles. The molecule has 3 aliphatic heterocycles. The number of hydrazone groups is 1. The molecule has 9 heteroatoms. The number of nitrogens with one attached hydrogen (secondary N) is 3. The van der Waals surface area contributed by atoms with Gasteiger partial charge in [-0.3, -0.25) is 10.2 Å². The molecule has 3 aliphatic rings. The number of hydrazine groups is 1. The second-order valence-corrected chi connectivity index (χ2v) is 9.60. The zero-order valence-electron chi connectivity index (χ0n) is 21.5. The minimum atomic E-state index is 0.00121. The van der Waals surface area contributed by atoms with Crippen LogP contribution in [0, 0.1) is 0 Å². The smallest absolute Gasteiger partial charge is 0.220 e. The molecule has 9 nitrogen and oxygen atoms in total. The second kappa shape index (κ2) is 11.6. The molecule has 5 rings (SSSR count). The Bertz CT molecular complexity index is 1130. The summed E-state index contributed by atoms with van der Waals surface area (Å²) in [5, 5.41) is 9.73. The molecule has 1 fully saturated rings. The van der Waals surface area contributed by atoms with Crippen LogP contribution in [-0.4, -0.2) is 47.6 Å². The lowest BCUT2D eigenvalue weighted by molar-refractivity contribution is -0.121. The molecule has 196 valence electrons. The molecule has 0 aliphatic carbocycles. The van der Waals surface area contributed by atoms with Gasteiger partial charge in [-0.25, -0.2) is 5.43 Å². The first-order chi connectivity index (χ1) is 18.1. The SMILES string of the molecule is CCCCOc1ccc(C2CC3C4NN=C(CCC(=O)NCc5cccc(OC)c5)N4C=CN3N2)cc1. The van der Waals surface area contributed by atoms with Gasteiger partial charge in [0.05, 0.1) is 25.8 Å². The summed E-state index contributed by atoms with van der Waals surface area (Å²) in [5.74, 6) is 2.59. The van der Waals surface area contributed by atoms with E-state index in [1.807, 2.05) is 30.5 Å². The molecule has 37 heavy (non-hydrogen) atoms. The number of amides is 1. The maximum Gasteiger partial charge on any atom is 0.220 e. The minimum absolute atomic E-state index is 0.00121. The standard InChI is InChI=1S/C28H36N6O3/c1-3-4-16-37-22-10-8-21(9-11-22)24-18-25-28-31-30-26(33(28)14-15-34(25)32-24)12-13-27(35)29-19-20-6-5-7-23(17-20)36-2/h5-11,14-15,17,24-25,28,31-32H,3-4,12-13,16,18-19H2,1-2H3,(H,29,35). The van der Waals surface area contributed by atoms with E-state index in [9.17, 15) is 4.79 Å². The van der Waals surface area contributed by atoms with Crippen LogP contribution in [0.25, 0.3) is 0 Å². The number of hydrogen-bond donors (Lipinski definition) is 3. The minimum Gasteiger partial charge on any atom is -0.497 e. The first-order valence-electron chi connectivity index (χ1n) is 13.1. The van der Waals surface area contributed by atoms with Gasteiger partial charge in [0.15, 0.2) is 0 Å². The lowest BCUT2D eigenvalue weighted by Crippen LogP contribution is -2.54. The highest BCUT2D eigenvalue weighted by Crippen LogP contribution is 2.34. The number of nitrogens with zero attached hydrogens (tertiary/aromatic N) is 3. The summed E-state index contributed by atoms with van der Waals surface area (Å²) in [5.41, 5.74) is 9.16. The average Bonchev–Trinajstić information content (AvgIpc) is 3.55. The fraction of sp³-hybridized carbons (Fsp3) is 0.429. The topological polar surface area (TPSA) is 90.5 Å². The van der Waals surface area contributed by atoms with Crippen LogP contribution in [-0.2, 0) is 11.3 Å². The Kier molecular flexibility index (Phi) is 7.79. The molecule has 1 saturated heterocycles. The third-order valence-electron chi connectivity index (χ3n) is 7.06. The molecule has 1 amide bonds. The predicted octanol–water partition coefficient (Wildman–Crippen LogP) is 3.62. The van der Waals surface area contributed by atoms with E-state index in [1.54, 1.807) is 7.11 Å². The van der Waals surface area contributed by atoms with E-state index in [1.165, 1.54) is 5.56 Å². The largest absolute Gasteiger partial charge is 0.497 e. The summed E-state index contributed by atoms with van der Waals surface area (Å²) in [6, 6.07) is 16.6. The number of amidine groups is 1. The molecule has 3 atom stereocenters. The first-order valence-corrected chi connectivity index (χ1v) is 13.1. The van der Waals surface area contributed by atoms with Crippen LogP contribution in [0.15, 0.2) is 66.0 Å². The van der Waals surface area contributed by atoms with Gasteiger partial charge in [0.25, 0.3) is 0 Å². The van der Waals surface area contributed by atoms with Crippen molar-refractivity contribution in [1.82, 2.24) is 26.1 Å². The highest BCUT2D eigenvalue weighted by atomic mass is 16.5. The summed E-state index contributed by atoms with van der Waals surface area (Å²) in [4.78, 5) is 14.6. The number of rotatable bonds is 11. The lowest BCUT2D eigenvalue weighted by Gasteiger charge is -2.37. The number of hydrogen-bond acceptors (Lipinski definition) is 8. The number of unbranched alkanes of at least 4 members (excludes halogenated alkanes) is 1. The number of methoxy groups -OCH3 is 1. The molecule has 0 bridgehead atoms. The fourth-order valence-electron chi connectivity index (χ4n) is 4.96. The molecule has 0 radical (unpaired) electrons. The third kappa shape index (κ3) is 5.83. The second-order valence-electron chi connectivity index (χ2n) is 9.60. The van der Waals surface area contributed by atoms with Gasteiger partial charge >= 0.3 is 0 Å². The van der Waals surface area contributed by atoms with Crippen molar-refractivity contribution in [3.8, 4) is 11.5 Å². The highest BCUT2D eigenvalue weighted by molar-refractivity contribution is 5.89. The van der Waals surface area contributed by atoms with Crippen molar-refractivity contribution >= 4 is 11.7 Å². The summed E-state index contributed by atoms with van der Waals surface area (Å²) in [6.07, 6.45) is 8.22. The van der Waals surface area contributed by atoms with Gasteiger partial charge in [-0.1, -0.05) is 37.6 Å². The lowest BCUT2D eigenvalue weighted by atomic mass is 9.99. The number of benzene rings is 2. The van der Waals surface area contributed by atoms with E-state index >= 15 is 0 Å². The first kappa shape index (κ1) is 25.0. The highest BCUT2D eigenvalue weighted by Gasteiger charge is 2.44. The van der Waals surface area contributed by atoms with Crippen molar-refractivity contribution in [2.45, 2.75) is 63.8 Å². The Morgan fingerprint density at radius 1 is 1.16 bits per heavy atom. The Hall–Kier alpha value is -3.72. The maximum absolute atomic E-state index is 12.5. The zero-order chi connectivity index (χ0) is 25.6. The number of ether oxygens (including phenoxy) is 2. The molecule has 2 aromatic carbocycles. The van der Waals surface area contributed by atoms with Crippen LogP contribution in [0.1, 0.15) is 56.2 Å². The van der Waals surface area contributed by atoms with Crippen LogP contribution in [0.2, 0.25) is 0 Å². The normalized spacial score (nSPS) is 21.7. The Labute approximate surface area is 218 Å². The summed E-state index contributed by atoms with van der Waals surface area (Å²) >= 11 is 0. The third-order valence-corrected chi connectivity index (χ3v) is 7.06. The van der Waals surface area contributed by atoms with Crippen LogP contribution in [0.4, 0.5) is 0 Å². The predicted molar refractivity (Wildman–Crippen MR) is 142 cm³/mol. The molecule has 2 aromatic rings. The summed E-state index contributed by atoms with van der Waals surface area (Å²) < 4.78 is 11.1. The molecule has 3 unspecified atom stereocenters. The van der Waals surface area contributed by atoms with E-state index < -0.39 is 0 Å². The van der Waals surface area contributed by atoms with Crippen LogP contribution < -0.4 is 25.6 Å². The van der Waals surface area contributed by atoms with Gasteiger partial charge in [-0.2, -0.15) is 5.10 Å². The molecule has 0 aromatic heterocycles. The van der Waals surface area contributed by atoms with Gasteiger partial charge in [0.1, 0.15) is 23.5 Å². The Balaban J connectivity index is 1.10. The van der Waals surface area contributed by atoms with Gasteiger partial charge in [0.2, 0.25) is 5.91 Å². The summed E-state index contributed by atoms with van der Waals surface area (Å²) in [7, 11) is 1.64. The van der Waals surface area contributed by atoms with Crippen molar-refractivity contribution < 1.29 is 14.3 Å². The van der Waals surface area contributed by atoms with E-state index in [0.29, 0.717) is 19.4 Å². The Morgan fingerprint density at radius 3 is 2.84 bits per heavy atom. The van der Waals surface area contributed by atoms with E-state index in [-0.39, 0.29) is 24.2 Å². The van der Waals surface area contributed by atoms with Crippen LogP contribution in [0.3, 0.4) is 0 Å². The van der Waals surface area contributed by atoms with Crippen molar-refractivity contribution in [3.05, 3.63) is 72.1 Å². The zero-order valence-corrected chi connectivity index (χ0v) is 21.5. The molecular formula is C28H36N6O3. The van der Waals surface area contributed by atoms with Gasteiger partial charge in [-0.15, -0.1) is 0 Å². The monoisotopic (exact) mass is 504 g/mol. The van der Waals surface area contributed by atoms with Crippen molar-refractivity contribution in [3.63, 3.8) is 0 Å². The van der Waals surface area contributed by atoms with Gasteiger partial charge < -0.3 is 24.7 Å². The molecule has 3 N–H and O–H groups in total. The van der Waals surface area contributed by atoms with E-state index in [2.05, 4.69) is 68.6 Å².